The molecule has 0 aliphatic heterocycles. The molecule has 0 bridgehead atoms. The molecule has 0 N–H and O–H groups in total. The van der Waals surface area contributed by atoms with Crippen LogP contribution in [0, 0.1) is 14.9 Å². The summed E-state index contributed by atoms with van der Waals surface area (Å²) in [5.41, 5.74) is 0.895. The van der Waals surface area contributed by atoms with Gasteiger partial charge in [0.15, 0.2) is 0 Å². The van der Waals surface area contributed by atoms with Crippen molar-refractivity contribution in [3.63, 3.8) is 0 Å². The number of nitrogens with zero attached hydrogens (tertiary/aromatic N) is 2. The number of halogens is 4. The van der Waals surface area contributed by atoms with Crippen LogP contribution >= 0.6 is 38.5 Å². The monoisotopic (exact) mass is 386 g/mol. The molecule has 1 heterocycles. The zero-order valence-corrected chi connectivity index (χ0v) is 11.2. The van der Waals surface area contributed by atoms with Gasteiger partial charge in [-0.05, 0) is 34.2 Å². The van der Waals surface area contributed by atoms with E-state index < -0.39 is 6.43 Å². The van der Waals surface area contributed by atoms with Crippen LogP contribution in [0.25, 0.3) is 0 Å². The Kier molecular flexibility index (Phi) is 4.86. The lowest BCUT2D eigenvalue weighted by Gasteiger charge is -2.08. The fourth-order valence-corrected chi connectivity index (χ4v) is 2.69. The summed E-state index contributed by atoms with van der Waals surface area (Å²) in [7, 11) is 0. The topological polar surface area (TPSA) is 36.7 Å². The van der Waals surface area contributed by atoms with Gasteiger partial charge in [0.25, 0.3) is 6.43 Å². The summed E-state index contributed by atoms with van der Waals surface area (Å²) >= 11 is 5.23. The minimum atomic E-state index is -2.60. The van der Waals surface area contributed by atoms with E-state index in [2.05, 4.69) is 20.9 Å². The van der Waals surface area contributed by atoms with Crippen molar-refractivity contribution in [3.8, 4) is 6.07 Å². The third kappa shape index (κ3) is 3.08. The van der Waals surface area contributed by atoms with E-state index in [1.807, 2.05) is 28.7 Å². The molecule has 0 radical (unpaired) electrons. The van der Waals surface area contributed by atoms with E-state index in [-0.39, 0.29) is 12.1 Å². The van der Waals surface area contributed by atoms with E-state index in [0.29, 0.717) is 11.0 Å². The number of aromatic nitrogens is 1. The Balaban J connectivity index is 3.26. The SMILES string of the molecule is N#CCc1nc(C(F)F)cc(CBr)c1I. The van der Waals surface area contributed by atoms with Gasteiger partial charge in [0, 0.05) is 8.90 Å². The van der Waals surface area contributed by atoms with Gasteiger partial charge in [0.05, 0.1) is 18.2 Å². The molecule has 0 saturated carbocycles. The van der Waals surface area contributed by atoms with E-state index in [9.17, 15) is 8.78 Å². The van der Waals surface area contributed by atoms with Crippen LogP contribution in [0.2, 0.25) is 0 Å². The Bertz CT molecular complexity index is 404. The predicted molar refractivity (Wildman–Crippen MR) is 63.9 cm³/mol. The van der Waals surface area contributed by atoms with E-state index in [0.717, 1.165) is 9.13 Å². The number of pyridine rings is 1. The summed E-state index contributed by atoms with van der Waals surface area (Å²) in [4.78, 5) is 3.77. The van der Waals surface area contributed by atoms with Gasteiger partial charge >= 0.3 is 0 Å². The average Bonchev–Trinajstić information content (AvgIpc) is 2.21. The third-order valence-corrected chi connectivity index (χ3v) is 3.66. The van der Waals surface area contributed by atoms with E-state index >= 15 is 0 Å². The maximum absolute atomic E-state index is 12.5. The third-order valence-electron chi connectivity index (χ3n) is 1.74. The molecule has 0 aliphatic carbocycles. The molecule has 0 atom stereocenters. The van der Waals surface area contributed by atoms with Gasteiger partial charge in [0.2, 0.25) is 0 Å². The van der Waals surface area contributed by atoms with Crippen molar-refractivity contribution in [2.24, 2.45) is 0 Å². The molecule has 0 saturated heterocycles. The highest BCUT2D eigenvalue weighted by Crippen LogP contribution is 2.25. The van der Waals surface area contributed by atoms with Crippen LogP contribution in [0.5, 0.6) is 0 Å². The normalized spacial score (nSPS) is 10.4. The maximum Gasteiger partial charge on any atom is 0.280 e. The molecule has 0 aromatic carbocycles. The molecule has 1 aromatic rings. The maximum atomic E-state index is 12.5. The van der Waals surface area contributed by atoms with Gasteiger partial charge in [-0.1, -0.05) is 15.9 Å². The van der Waals surface area contributed by atoms with Gasteiger partial charge < -0.3 is 0 Å². The summed E-state index contributed by atoms with van der Waals surface area (Å²) < 4.78 is 25.7. The molecule has 0 aliphatic rings. The van der Waals surface area contributed by atoms with Crippen molar-refractivity contribution >= 4 is 38.5 Å². The lowest BCUT2D eigenvalue weighted by Crippen LogP contribution is -2.02. The van der Waals surface area contributed by atoms with Gasteiger partial charge in [-0.25, -0.2) is 13.8 Å². The Hall–Kier alpha value is -0.290. The van der Waals surface area contributed by atoms with Crippen LogP contribution in [-0.2, 0) is 11.8 Å². The zero-order chi connectivity index (χ0) is 11.4. The Morgan fingerprint density at radius 1 is 1.60 bits per heavy atom. The highest BCUT2D eigenvalue weighted by Gasteiger charge is 2.15. The minimum Gasteiger partial charge on any atom is -0.250 e. The summed E-state index contributed by atoms with van der Waals surface area (Å²) in [5.74, 6) is 0. The number of rotatable bonds is 3. The van der Waals surface area contributed by atoms with Gasteiger partial charge in [-0.2, -0.15) is 5.26 Å². The lowest BCUT2D eigenvalue weighted by molar-refractivity contribution is 0.145. The Morgan fingerprint density at radius 3 is 2.73 bits per heavy atom. The largest absolute Gasteiger partial charge is 0.280 e. The van der Waals surface area contributed by atoms with Crippen LogP contribution in [-0.4, -0.2) is 4.98 Å². The minimum absolute atomic E-state index is 0.0544. The smallest absolute Gasteiger partial charge is 0.250 e. The van der Waals surface area contributed by atoms with Crippen molar-refractivity contribution in [2.45, 2.75) is 18.2 Å². The fourth-order valence-electron chi connectivity index (χ4n) is 1.07. The number of hydrogen-bond donors (Lipinski definition) is 0. The summed E-state index contributed by atoms with van der Waals surface area (Å²) in [6.45, 7) is 0. The molecule has 6 heteroatoms. The molecule has 1 rings (SSSR count). The van der Waals surface area contributed by atoms with Crippen molar-refractivity contribution in [1.29, 1.82) is 5.26 Å². The fraction of sp³-hybridized carbons (Fsp3) is 0.333. The van der Waals surface area contributed by atoms with E-state index in [4.69, 9.17) is 5.26 Å². The molecule has 80 valence electrons. The molecule has 1 aromatic heterocycles. The standard InChI is InChI=1S/C9H6BrF2IN2/c10-4-5-3-7(9(11)12)15-6(1-2-14)8(5)13/h3,9H,1,4H2. The first-order valence-electron chi connectivity index (χ1n) is 3.99. The van der Waals surface area contributed by atoms with E-state index in [1.165, 1.54) is 6.07 Å². The van der Waals surface area contributed by atoms with E-state index in [1.54, 1.807) is 0 Å². The molecule has 0 spiro atoms. The lowest BCUT2D eigenvalue weighted by atomic mass is 10.2. The van der Waals surface area contributed by atoms with Crippen molar-refractivity contribution < 1.29 is 8.78 Å². The molecule has 0 fully saturated rings. The Labute approximate surface area is 108 Å². The molecule has 0 unspecified atom stereocenters. The Morgan fingerprint density at radius 2 is 2.27 bits per heavy atom. The second-order valence-corrected chi connectivity index (χ2v) is 4.38. The zero-order valence-electron chi connectivity index (χ0n) is 7.48. The first-order valence-corrected chi connectivity index (χ1v) is 6.19. The second kappa shape index (κ2) is 5.70. The van der Waals surface area contributed by atoms with Crippen LogP contribution in [0.3, 0.4) is 0 Å². The summed E-state index contributed by atoms with van der Waals surface area (Å²) in [6, 6.07) is 3.28. The number of alkyl halides is 3. The second-order valence-electron chi connectivity index (χ2n) is 2.74. The quantitative estimate of drug-likeness (QED) is 0.588. The van der Waals surface area contributed by atoms with Crippen molar-refractivity contribution in [3.05, 3.63) is 26.6 Å². The highest BCUT2D eigenvalue weighted by molar-refractivity contribution is 14.1. The first-order chi connectivity index (χ1) is 7.10. The average molecular weight is 387 g/mol. The van der Waals surface area contributed by atoms with Crippen molar-refractivity contribution in [2.75, 3.05) is 0 Å². The highest BCUT2D eigenvalue weighted by atomic mass is 127. The number of hydrogen-bond acceptors (Lipinski definition) is 2. The van der Waals surface area contributed by atoms with Crippen LogP contribution in [0.1, 0.15) is 23.4 Å². The summed E-state index contributed by atoms with van der Waals surface area (Å²) in [6.07, 6.45) is -2.55. The molecular formula is C9H6BrF2IN2. The molecular weight excluding hydrogens is 381 g/mol. The molecule has 0 amide bonds. The molecule has 15 heavy (non-hydrogen) atoms. The van der Waals surface area contributed by atoms with Gasteiger partial charge in [-0.3, -0.25) is 0 Å². The molecule has 2 nitrogen and oxygen atoms in total. The van der Waals surface area contributed by atoms with Gasteiger partial charge in [-0.15, -0.1) is 0 Å². The number of nitriles is 1. The van der Waals surface area contributed by atoms with Crippen LogP contribution < -0.4 is 0 Å². The summed E-state index contributed by atoms with van der Waals surface area (Å²) in [5, 5.41) is 9.02. The van der Waals surface area contributed by atoms with Crippen molar-refractivity contribution in [1.82, 2.24) is 4.98 Å². The van der Waals surface area contributed by atoms with Crippen LogP contribution in [0.15, 0.2) is 6.07 Å². The van der Waals surface area contributed by atoms with Crippen LogP contribution in [0.4, 0.5) is 8.78 Å². The predicted octanol–water partition coefficient (Wildman–Crippen LogP) is 3.58. The van der Waals surface area contributed by atoms with Gasteiger partial charge in [0.1, 0.15) is 5.69 Å². The first kappa shape index (κ1) is 12.8.